The van der Waals surface area contributed by atoms with Gasteiger partial charge in [0.15, 0.2) is 6.29 Å². The molecule has 0 saturated carbocycles. The number of carbonyl (C=O) groups excluding carboxylic acids is 2. The molecular formula is C42H49N3O6. The Morgan fingerprint density at radius 3 is 2.24 bits per heavy atom. The molecule has 0 radical (unpaired) electrons. The van der Waals surface area contributed by atoms with Crippen molar-refractivity contribution in [1.29, 1.82) is 0 Å². The number of ether oxygens (including phenoxy) is 3. The van der Waals surface area contributed by atoms with Gasteiger partial charge in [-0.3, -0.25) is 9.69 Å². The topological polar surface area (TPSA) is 109 Å². The van der Waals surface area contributed by atoms with Crippen molar-refractivity contribution < 1.29 is 28.9 Å². The predicted molar refractivity (Wildman–Crippen MR) is 196 cm³/mol. The van der Waals surface area contributed by atoms with E-state index in [0.29, 0.717) is 26.1 Å². The molecule has 0 aromatic heterocycles. The van der Waals surface area contributed by atoms with Gasteiger partial charge < -0.3 is 30.0 Å². The van der Waals surface area contributed by atoms with Crippen molar-refractivity contribution >= 4 is 12.0 Å². The number of nitrogens with zero attached hydrogens (tertiary/aromatic N) is 1. The van der Waals surface area contributed by atoms with Crippen LogP contribution in [0.4, 0.5) is 4.79 Å². The van der Waals surface area contributed by atoms with Crippen LogP contribution in [0.3, 0.4) is 0 Å². The van der Waals surface area contributed by atoms with Gasteiger partial charge in [-0.15, -0.1) is 0 Å². The SMILES string of the molecule is CC(C)(C)OC(=O)C1CCCN1CC1CC(c2ccc(CO)cc2)OC(c2ccc(-c3ccccc3CNC(=O)NCc3ccccc3)cc2)O1. The van der Waals surface area contributed by atoms with Crippen LogP contribution in [0.1, 0.15) is 80.2 Å². The van der Waals surface area contributed by atoms with Crippen LogP contribution in [-0.4, -0.2) is 52.8 Å². The average Bonchev–Trinajstić information content (AvgIpc) is 3.61. The van der Waals surface area contributed by atoms with Crippen LogP contribution in [0.2, 0.25) is 0 Å². The second-order valence-corrected chi connectivity index (χ2v) is 14.3. The number of carbonyl (C=O) groups is 2. The molecule has 2 amide bonds. The molecule has 0 aliphatic carbocycles. The van der Waals surface area contributed by atoms with Gasteiger partial charge in [0.1, 0.15) is 11.6 Å². The van der Waals surface area contributed by atoms with Gasteiger partial charge in [0, 0.05) is 31.6 Å². The summed E-state index contributed by atoms with van der Waals surface area (Å²) < 4.78 is 19.0. The fourth-order valence-electron chi connectivity index (χ4n) is 6.77. The maximum atomic E-state index is 13.1. The van der Waals surface area contributed by atoms with E-state index in [2.05, 4.69) is 33.7 Å². The molecule has 4 aromatic rings. The summed E-state index contributed by atoms with van der Waals surface area (Å²) >= 11 is 0. The maximum absolute atomic E-state index is 13.1. The lowest BCUT2D eigenvalue weighted by molar-refractivity contribution is -0.253. The molecule has 4 aromatic carbocycles. The van der Waals surface area contributed by atoms with E-state index in [9.17, 15) is 14.7 Å². The number of benzene rings is 4. The van der Waals surface area contributed by atoms with Gasteiger partial charge in [0.05, 0.1) is 18.8 Å². The monoisotopic (exact) mass is 691 g/mol. The van der Waals surface area contributed by atoms with Crippen molar-refractivity contribution in [3.05, 3.63) is 131 Å². The number of likely N-dealkylation sites (tertiary alicyclic amines) is 1. The molecule has 51 heavy (non-hydrogen) atoms. The zero-order valence-corrected chi connectivity index (χ0v) is 29.7. The molecule has 2 fully saturated rings. The van der Waals surface area contributed by atoms with Gasteiger partial charge in [-0.2, -0.15) is 0 Å². The number of esters is 1. The van der Waals surface area contributed by atoms with Crippen molar-refractivity contribution in [2.75, 3.05) is 13.1 Å². The molecule has 268 valence electrons. The van der Waals surface area contributed by atoms with Gasteiger partial charge in [-0.1, -0.05) is 103 Å². The second-order valence-electron chi connectivity index (χ2n) is 14.3. The molecule has 2 aliphatic heterocycles. The summed E-state index contributed by atoms with van der Waals surface area (Å²) in [5, 5.41) is 15.5. The summed E-state index contributed by atoms with van der Waals surface area (Å²) in [6.07, 6.45) is 1.29. The normalized spacial score (nSPS) is 20.9. The Morgan fingerprint density at radius 2 is 1.51 bits per heavy atom. The zero-order chi connectivity index (χ0) is 35.8. The van der Waals surface area contributed by atoms with E-state index in [4.69, 9.17) is 14.2 Å². The van der Waals surface area contributed by atoms with Crippen LogP contribution in [0.15, 0.2) is 103 Å². The van der Waals surface area contributed by atoms with E-state index in [0.717, 1.165) is 58.3 Å². The van der Waals surface area contributed by atoms with E-state index < -0.39 is 11.9 Å². The summed E-state index contributed by atoms with van der Waals surface area (Å²) in [6, 6.07) is 33.4. The minimum Gasteiger partial charge on any atom is -0.459 e. The van der Waals surface area contributed by atoms with Gasteiger partial charge in [0.2, 0.25) is 0 Å². The lowest BCUT2D eigenvalue weighted by atomic mass is 9.97. The van der Waals surface area contributed by atoms with E-state index in [1.165, 1.54) is 0 Å². The lowest BCUT2D eigenvalue weighted by Gasteiger charge is -2.38. The molecule has 9 heteroatoms. The third-order valence-electron chi connectivity index (χ3n) is 9.34. The Morgan fingerprint density at radius 1 is 0.824 bits per heavy atom. The van der Waals surface area contributed by atoms with Crippen molar-refractivity contribution in [2.24, 2.45) is 0 Å². The first-order valence-electron chi connectivity index (χ1n) is 17.9. The van der Waals surface area contributed by atoms with E-state index in [1.807, 2.05) is 106 Å². The Bertz CT molecular complexity index is 1740. The third-order valence-corrected chi connectivity index (χ3v) is 9.34. The quantitative estimate of drug-likeness (QED) is 0.143. The summed E-state index contributed by atoms with van der Waals surface area (Å²) in [7, 11) is 0. The molecule has 3 N–H and O–H groups in total. The molecule has 4 atom stereocenters. The van der Waals surface area contributed by atoms with E-state index in [1.54, 1.807) is 0 Å². The van der Waals surface area contributed by atoms with Gasteiger partial charge in [-0.25, -0.2) is 4.79 Å². The highest BCUT2D eigenvalue weighted by Gasteiger charge is 2.39. The number of urea groups is 1. The second kappa shape index (κ2) is 16.7. The number of amides is 2. The van der Waals surface area contributed by atoms with Crippen molar-refractivity contribution in [3.63, 3.8) is 0 Å². The van der Waals surface area contributed by atoms with Crippen LogP contribution in [0, 0.1) is 0 Å². The van der Waals surface area contributed by atoms with E-state index >= 15 is 0 Å². The fraction of sp³-hybridized carbons (Fsp3) is 0.381. The highest BCUT2D eigenvalue weighted by molar-refractivity contribution is 5.76. The molecule has 2 saturated heterocycles. The Kier molecular flexibility index (Phi) is 11.8. The minimum absolute atomic E-state index is 0.0197. The summed E-state index contributed by atoms with van der Waals surface area (Å²) in [5.74, 6) is -0.182. The van der Waals surface area contributed by atoms with Crippen LogP contribution < -0.4 is 10.6 Å². The smallest absolute Gasteiger partial charge is 0.323 e. The molecule has 0 spiro atoms. The first kappa shape index (κ1) is 36.3. The average molecular weight is 692 g/mol. The molecule has 2 heterocycles. The Hall–Kier alpha value is -4.54. The highest BCUT2D eigenvalue weighted by atomic mass is 16.7. The van der Waals surface area contributed by atoms with Gasteiger partial charge in [-0.05, 0) is 73.5 Å². The summed E-state index contributed by atoms with van der Waals surface area (Å²) in [6.45, 7) is 7.92. The summed E-state index contributed by atoms with van der Waals surface area (Å²) in [4.78, 5) is 27.9. The minimum atomic E-state index is -0.617. The van der Waals surface area contributed by atoms with Crippen LogP contribution >= 0.6 is 0 Å². The number of hydrogen-bond acceptors (Lipinski definition) is 7. The maximum Gasteiger partial charge on any atom is 0.323 e. The number of aliphatic hydroxyl groups is 1. The largest absolute Gasteiger partial charge is 0.459 e. The molecule has 4 unspecified atom stereocenters. The lowest BCUT2D eigenvalue weighted by Crippen LogP contribution is -2.45. The molecule has 0 bridgehead atoms. The Balaban J connectivity index is 1.16. The molecular weight excluding hydrogens is 642 g/mol. The first-order valence-corrected chi connectivity index (χ1v) is 17.9. The summed E-state index contributed by atoms with van der Waals surface area (Å²) in [5.41, 5.74) is 6.29. The number of nitrogens with one attached hydrogen (secondary N) is 2. The number of rotatable bonds is 11. The van der Waals surface area contributed by atoms with E-state index in [-0.39, 0.29) is 36.9 Å². The predicted octanol–water partition coefficient (Wildman–Crippen LogP) is 7.20. The van der Waals surface area contributed by atoms with Crippen molar-refractivity contribution in [3.8, 4) is 11.1 Å². The van der Waals surface area contributed by atoms with Crippen molar-refractivity contribution in [2.45, 2.75) is 89.9 Å². The molecule has 6 rings (SSSR count). The standard InChI is InChI=1S/C42H49N3O6/c1-42(2,3)51-39(47)37-14-9-23-45(37)27-35-24-38(32-17-15-30(28-46)16-18-32)50-40(49-35)33-21-19-31(20-22-33)36-13-8-7-12-34(36)26-44-41(48)43-25-29-10-5-4-6-11-29/h4-8,10-13,15-22,35,37-38,40,46H,9,14,23-28H2,1-3H3,(H2,43,44,48). The zero-order valence-electron chi connectivity index (χ0n) is 29.7. The molecule has 2 aliphatic rings. The fourth-order valence-corrected chi connectivity index (χ4v) is 6.77. The van der Waals surface area contributed by atoms with Crippen LogP contribution in [0.25, 0.3) is 11.1 Å². The van der Waals surface area contributed by atoms with Crippen LogP contribution in [-0.2, 0) is 38.7 Å². The van der Waals surface area contributed by atoms with Crippen LogP contribution in [0.5, 0.6) is 0 Å². The Labute approximate surface area is 300 Å². The van der Waals surface area contributed by atoms with Crippen molar-refractivity contribution in [1.82, 2.24) is 15.5 Å². The third kappa shape index (κ3) is 9.83. The van der Waals surface area contributed by atoms with Gasteiger partial charge in [0.25, 0.3) is 0 Å². The number of hydrogen-bond donors (Lipinski definition) is 3. The van der Waals surface area contributed by atoms with Gasteiger partial charge >= 0.3 is 12.0 Å². The highest BCUT2D eigenvalue weighted by Crippen LogP contribution is 2.39. The first-order chi connectivity index (χ1) is 24.6. The molecule has 9 nitrogen and oxygen atoms in total. The number of aliphatic hydroxyl groups excluding tert-OH is 1.